The summed E-state index contributed by atoms with van der Waals surface area (Å²) in [5.74, 6) is 0. The highest BCUT2D eigenvalue weighted by atomic mass is 35.5. The molecule has 0 aromatic heterocycles. The number of benzene rings is 1. The molecule has 0 bridgehead atoms. The van der Waals surface area contributed by atoms with Crippen LogP contribution in [0.2, 0.25) is 5.02 Å². The van der Waals surface area contributed by atoms with Gasteiger partial charge in [0.1, 0.15) is 0 Å². The fourth-order valence-corrected chi connectivity index (χ4v) is 1.74. The molecule has 0 amide bonds. The zero-order valence-electron chi connectivity index (χ0n) is 9.26. The predicted octanol–water partition coefficient (Wildman–Crippen LogP) is 3.69. The van der Waals surface area contributed by atoms with E-state index in [2.05, 4.69) is 26.8 Å². The van der Waals surface area contributed by atoms with Gasteiger partial charge in [0.2, 0.25) is 0 Å². The first-order chi connectivity index (χ1) is 6.30. The van der Waals surface area contributed by atoms with E-state index in [9.17, 15) is 0 Å². The van der Waals surface area contributed by atoms with E-state index in [-0.39, 0.29) is 11.5 Å². The molecule has 0 aliphatic heterocycles. The molecule has 14 heavy (non-hydrogen) atoms. The SMILES string of the molecule is Cc1cc(Cl)cc(C(N)C(C)(C)C)c1. The summed E-state index contributed by atoms with van der Waals surface area (Å²) in [6, 6.07) is 6.02. The van der Waals surface area contributed by atoms with Crippen LogP contribution in [-0.4, -0.2) is 0 Å². The van der Waals surface area contributed by atoms with E-state index < -0.39 is 0 Å². The molecule has 0 radical (unpaired) electrons. The molecular formula is C12H18ClN. The third-order valence-electron chi connectivity index (χ3n) is 2.36. The first-order valence-corrected chi connectivity index (χ1v) is 5.21. The van der Waals surface area contributed by atoms with E-state index in [1.54, 1.807) is 0 Å². The van der Waals surface area contributed by atoms with Gasteiger partial charge in [-0.15, -0.1) is 0 Å². The topological polar surface area (TPSA) is 26.0 Å². The lowest BCUT2D eigenvalue weighted by Crippen LogP contribution is -2.26. The Morgan fingerprint density at radius 1 is 1.21 bits per heavy atom. The van der Waals surface area contributed by atoms with Gasteiger partial charge in [0.05, 0.1) is 0 Å². The van der Waals surface area contributed by atoms with Gasteiger partial charge in [-0.1, -0.05) is 38.4 Å². The molecule has 1 atom stereocenters. The van der Waals surface area contributed by atoms with Crippen molar-refractivity contribution in [2.45, 2.75) is 33.7 Å². The maximum absolute atomic E-state index is 6.15. The average Bonchev–Trinajstić information content (AvgIpc) is 1.99. The van der Waals surface area contributed by atoms with E-state index in [0.717, 1.165) is 16.1 Å². The molecule has 1 aromatic rings. The van der Waals surface area contributed by atoms with Crippen LogP contribution in [0, 0.1) is 12.3 Å². The second-order valence-electron chi connectivity index (χ2n) is 4.91. The van der Waals surface area contributed by atoms with E-state index in [4.69, 9.17) is 17.3 Å². The number of nitrogens with two attached hydrogens (primary N) is 1. The minimum absolute atomic E-state index is 0.0277. The second kappa shape index (κ2) is 3.92. The Morgan fingerprint density at radius 2 is 1.79 bits per heavy atom. The Kier molecular flexibility index (Phi) is 3.23. The third kappa shape index (κ3) is 2.73. The van der Waals surface area contributed by atoms with Gasteiger partial charge < -0.3 is 5.73 Å². The first kappa shape index (κ1) is 11.5. The number of hydrogen-bond acceptors (Lipinski definition) is 1. The Hall–Kier alpha value is -0.530. The molecule has 0 heterocycles. The molecule has 1 unspecified atom stereocenters. The third-order valence-corrected chi connectivity index (χ3v) is 2.57. The van der Waals surface area contributed by atoms with Crippen molar-refractivity contribution < 1.29 is 0 Å². The number of hydrogen-bond donors (Lipinski definition) is 1. The highest BCUT2D eigenvalue weighted by Gasteiger charge is 2.22. The van der Waals surface area contributed by atoms with Crippen molar-refractivity contribution in [3.05, 3.63) is 34.3 Å². The van der Waals surface area contributed by atoms with Gasteiger partial charge in [-0.05, 0) is 35.6 Å². The minimum atomic E-state index is 0.0277. The first-order valence-electron chi connectivity index (χ1n) is 4.83. The molecule has 1 rings (SSSR count). The molecule has 2 heteroatoms. The van der Waals surface area contributed by atoms with Gasteiger partial charge in [-0.25, -0.2) is 0 Å². The molecular weight excluding hydrogens is 194 g/mol. The standard InChI is InChI=1S/C12H18ClN/c1-8-5-9(7-10(13)6-8)11(14)12(2,3)4/h5-7,11H,14H2,1-4H3. The maximum atomic E-state index is 6.15. The predicted molar refractivity (Wildman–Crippen MR) is 62.6 cm³/mol. The van der Waals surface area contributed by atoms with E-state index in [1.165, 1.54) is 0 Å². The van der Waals surface area contributed by atoms with Crippen LogP contribution < -0.4 is 5.73 Å². The maximum Gasteiger partial charge on any atom is 0.0411 e. The summed E-state index contributed by atoms with van der Waals surface area (Å²) in [5, 5.41) is 0.764. The summed E-state index contributed by atoms with van der Waals surface area (Å²) in [7, 11) is 0. The van der Waals surface area contributed by atoms with E-state index in [1.807, 2.05) is 19.1 Å². The zero-order valence-corrected chi connectivity index (χ0v) is 10.0. The average molecular weight is 212 g/mol. The summed E-state index contributed by atoms with van der Waals surface area (Å²) in [5.41, 5.74) is 8.49. The summed E-state index contributed by atoms with van der Waals surface area (Å²) in [4.78, 5) is 0. The lowest BCUT2D eigenvalue weighted by atomic mass is 9.83. The second-order valence-corrected chi connectivity index (χ2v) is 5.34. The molecule has 0 saturated carbocycles. The lowest BCUT2D eigenvalue weighted by molar-refractivity contribution is 0.327. The van der Waals surface area contributed by atoms with E-state index in [0.29, 0.717) is 0 Å². The van der Waals surface area contributed by atoms with Crippen molar-refractivity contribution in [1.82, 2.24) is 0 Å². The van der Waals surface area contributed by atoms with Crippen molar-refractivity contribution in [3.8, 4) is 0 Å². The van der Waals surface area contributed by atoms with Crippen molar-refractivity contribution in [2.24, 2.45) is 11.1 Å². The van der Waals surface area contributed by atoms with Crippen molar-refractivity contribution >= 4 is 11.6 Å². The van der Waals surface area contributed by atoms with Gasteiger partial charge in [0.15, 0.2) is 0 Å². The normalized spacial score (nSPS) is 14.1. The number of rotatable bonds is 1. The smallest absolute Gasteiger partial charge is 0.0411 e. The van der Waals surface area contributed by atoms with Gasteiger partial charge in [-0.3, -0.25) is 0 Å². The van der Waals surface area contributed by atoms with Crippen LogP contribution in [0.25, 0.3) is 0 Å². The quantitative estimate of drug-likeness (QED) is 0.754. The zero-order chi connectivity index (χ0) is 10.9. The van der Waals surface area contributed by atoms with Crippen molar-refractivity contribution in [1.29, 1.82) is 0 Å². The molecule has 0 aliphatic carbocycles. The lowest BCUT2D eigenvalue weighted by Gasteiger charge is -2.27. The molecule has 0 aliphatic rings. The molecule has 0 fully saturated rings. The van der Waals surface area contributed by atoms with Gasteiger partial charge in [0, 0.05) is 11.1 Å². The Bertz CT molecular complexity index is 305. The van der Waals surface area contributed by atoms with Crippen LogP contribution in [0.1, 0.15) is 37.9 Å². The van der Waals surface area contributed by atoms with Crippen LogP contribution in [0.4, 0.5) is 0 Å². The summed E-state index contributed by atoms with van der Waals surface area (Å²) in [6.07, 6.45) is 0. The van der Waals surface area contributed by atoms with Gasteiger partial charge in [0.25, 0.3) is 0 Å². The molecule has 2 N–H and O–H groups in total. The van der Waals surface area contributed by atoms with E-state index >= 15 is 0 Å². The van der Waals surface area contributed by atoms with Gasteiger partial charge >= 0.3 is 0 Å². The van der Waals surface area contributed by atoms with Crippen LogP contribution >= 0.6 is 11.6 Å². The molecule has 0 spiro atoms. The monoisotopic (exact) mass is 211 g/mol. The minimum Gasteiger partial charge on any atom is -0.324 e. The molecule has 78 valence electrons. The van der Waals surface area contributed by atoms with Crippen LogP contribution in [0.5, 0.6) is 0 Å². The largest absolute Gasteiger partial charge is 0.324 e. The van der Waals surface area contributed by atoms with Crippen molar-refractivity contribution in [3.63, 3.8) is 0 Å². The molecule has 1 aromatic carbocycles. The molecule has 1 nitrogen and oxygen atoms in total. The Balaban J connectivity index is 3.07. The van der Waals surface area contributed by atoms with Crippen molar-refractivity contribution in [2.75, 3.05) is 0 Å². The fourth-order valence-electron chi connectivity index (χ4n) is 1.44. The number of halogens is 1. The van der Waals surface area contributed by atoms with Gasteiger partial charge in [-0.2, -0.15) is 0 Å². The fraction of sp³-hybridized carbons (Fsp3) is 0.500. The Labute approximate surface area is 91.3 Å². The summed E-state index contributed by atoms with van der Waals surface area (Å²) >= 11 is 5.99. The molecule has 0 saturated heterocycles. The van der Waals surface area contributed by atoms with Crippen LogP contribution in [0.15, 0.2) is 18.2 Å². The van der Waals surface area contributed by atoms with Crippen LogP contribution in [-0.2, 0) is 0 Å². The highest BCUT2D eigenvalue weighted by molar-refractivity contribution is 6.30. The summed E-state index contributed by atoms with van der Waals surface area (Å²) < 4.78 is 0. The summed E-state index contributed by atoms with van der Waals surface area (Å²) in [6.45, 7) is 8.43. The number of aryl methyl sites for hydroxylation is 1. The van der Waals surface area contributed by atoms with Crippen LogP contribution in [0.3, 0.4) is 0 Å². The highest BCUT2D eigenvalue weighted by Crippen LogP contribution is 2.32. The Morgan fingerprint density at radius 3 is 2.21 bits per heavy atom.